The summed E-state index contributed by atoms with van der Waals surface area (Å²) in [7, 11) is -3.04. The Kier molecular flexibility index (Phi) is 6.49. The van der Waals surface area contributed by atoms with Gasteiger partial charge in [0.25, 0.3) is 0 Å². The summed E-state index contributed by atoms with van der Waals surface area (Å²) in [6.07, 6.45) is 11.4. The van der Waals surface area contributed by atoms with Crippen molar-refractivity contribution in [3.8, 4) is 0 Å². The largest absolute Gasteiger partial charge is 0.357 e. The Morgan fingerprint density at radius 2 is 1.81 bits per heavy atom. The first-order chi connectivity index (χ1) is 12.4. The van der Waals surface area contributed by atoms with Crippen LogP contribution in [0.2, 0.25) is 0 Å². The molecule has 1 saturated carbocycles. The highest BCUT2D eigenvalue weighted by atomic mass is 32.2. The van der Waals surface area contributed by atoms with Gasteiger partial charge in [-0.15, -0.1) is 0 Å². The molecule has 2 aliphatic heterocycles. The molecule has 0 atom stereocenters. The summed E-state index contributed by atoms with van der Waals surface area (Å²) in [5.74, 6) is 1.56. The van der Waals surface area contributed by atoms with Crippen LogP contribution in [0.4, 0.5) is 0 Å². The maximum atomic E-state index is 11.6. The fourth-order valence-electron chi connectivity index (χ4n) is 4.89. The predicted molar refractivity (Wildman–Crippen MR) is 107 cm³/mol. The van der Waals surface area contributed by atoms with Gasteiger partial charge in [0.05, 0.1) is 6.26 Å². The Morgan fingerprint density at radius 1 is 1.12 bits per heavy atom. The molecule has 0 aromatic heterocycles. The lowest BCUT2D eigenvalue weighted by Crippen LogP contribution is -2.42. The average Bonchev–Trinajstić information content (AvgIpc) is 3.02. The summed E-state index contributed by atoms with van der Waals surface area (Å²) < 4.78 is 24.9. The van der Waals surface area contributed by atoms with Gasteiger partial charge in [0, 0.05) is 39.3 Å². The zero-order valence-corrected chi connectivity index (χ0v) is 17.4. The van der Waals surface area contributed by atoms with E-state index in [0.717, 1.165) is 45.0 Å². The number of guanidine groups is 1. The van der Waals surface area contributed by atoms with Crippen LogP contribution < -0.4 is 5.32 Å². The third kappa shape index (κ3) is 4.91. The number of sulfonamides is 1. The van der Waals surface area contributed by atoms with Gasteiger partial charge in [0.2, 0.25) is 10.0 Å². The molecule has 0 radical (unpaired) electrons. The van der Waals surface area contributed by atoms with E-state index in [2.05, 4.69) is 17.1 Å². The smallest absolute Gasteiger partial charge is 0.211 e. The lowest BCUT2D eigenvalue weighted by molar-refractivity contribution is 0.203. The SMILES string of the molecule is CCNC(=NCC1CCN(S(C)(=O)=O)CC1)N1CCC2(CCCCC2)C1. The van der Waals surface area contributed by atoms with Crippen molar-refractivity contribution in [2.45, 2.75) is 58.3 Å². The average molecular weight is 385 g/mol. The van der Waals surface area contributed by atoms with Gasteiger partial charge in [-0.05, 0) is 50.4 Å². The molecule has 7 heteroatoms. The Balaban J connectivity index is 1.55. The summed E-state index contributed by atoms with van der Waals surface area (Å²) in [6, 6.07) is 0. The molecule has 0 unspecified atom stereocenters. The van der Waals surface area contributed by atoms with E-state index in [1.807, 2.05) is 0 Å². The van der Waals surface area contributed by atoms with Crippen molar-refractivity contribution in [1.82, 2.24) is 14.5 Å². The summed E-state index contributed by atoms with van der Waals surface area (Å²) >= 11 is 0. The fourth-order valence-corrected chi connectivity index (χ4v) is 5.76. The molecule has 0 aromatic rings. The molecule has 1 spiro atoms. The predicted octanol–water partition coefficient (Wildman–Crippen LogP) is 2.28. The molecule has 0 bridgehead atoms. The highest BCUT2D eigenvalue weighted by molar-refractivity contribution is 7.88. The quantitative estimate of drug-likeness (QED) is 0.597. The van der Waals surface area contributed by atoms with E-state index in [1.165, 1.54) is 44.8 Å². The van der Waals surface area contributed by atoms with Crippen LogP contribution in [0.15, 0.2) is 4.99 Å². The molecule has 26 heavy (non-hydrogen) atoms. The minimum atomic E-state index is -3.04. The van der Waals surface area contributed by atoms with Gasteiger partial charge in [0.15, 0.2) is 5.96 Å². The van der Waals surface area contributed by atoms with Crippen LogP contribution in [0.25, 0.3) is 0 Å². The van der Waals surface area contributed by atoms with E-state index in [4.69, 9.17) is 4.99 Å². The van der Waals surface area contributed by atoms with E-state index in [0.29, 0.717) is 24.4 Å². The van der Waals surface area contributed by atoms with Gasteiger partial charge < -0.3 is 10.2 Å². The fraction of sp³-hybridized carbons (Fsp3) is 0.947. The standard InChI is InChI=1S/C19H36N4O2S/c1-3-20-18(22-14-11-19(16-22)9-5-4-6-10-19)21-15-17-7-12-23(13-8-17)26(2,24)25/h17H,3-16H2,1-2H3,(H,20,21). The maximum Gasteiger partial charge on any atom is 0.211 e. The van der Waals surface area contributed by atoms with Gasteiger partial charge in [0.1, 0.15) is 0 Å². The second kappa shape index (κ2) is 8.46. The highest BCUT2D eigenvalue weighted by Crippen LogP contribution is 2.43. The zero-order chi connectivity index (χ0) is 18.6. The van der Waals surface area contributed by atoms with E-state index >= 15 is 0 Å². The lowest BCUT2D eigenvalue weighted by atomic mass is 9.73. The molecule has 3 rings (SSSR count). The summed E-state index contributed by atoms with van der Waals surface area (Å²) in [5.41, 5.74) is 0.537. The Labute approximate surface area is 159 Å². The van der Waals surface area contributed by atoms with Crippen LogP contribution in [-0.2, 0) is 10.0 Å². The van der Waals surface area contributed by atoms with Crippen molar-refractivity contribution < 1.29 is 8.42 Å². The molecule has 1 N–H and O–H groups in total. The second-order valence-electron chi connectivity index (χ2n) is 8.53. The number of likely N-dealkylation sites (tertiary alicyclic amines) is 1. The van der Waals surface area contributed by atoms with E-state index in [1.54, 1.807) is 4.31 Å². The number of hydrogen-bond donors (Lipinski definition) is 1. The van der Waals surface area contributed by atoms with E-state index in [-0.39, 0.29) is 0 Å². The van der Waals surface area contributed by atoms with Crippen molar-refractivity contribution in [3.05, 3.63) is 0 Å². The Bertz CT molecular complexity index is 591. The van der Waals surface area contributed by atoms with Crippen LogP contribution in [0, 0.1) is 11.3 Å². The summed E-state index contributed by atoms with van der Waals surface area (Å²) in [4.78, 5) is 7.42. The van der Waals surface area contributed by atoms with Crippen LogP contribution >= 0.6 is 0 Å². The first-order valence-electron chi connectivity index (χ1n) is 10.4. The molecular formula is C19H36N4O2S. The first-order valence-corrected chi connectivity index (χ1v) is 12.3. The van der Waals surface area contributed by atoms with Gasteiger partial charge in [-0.3, -0.25) is 4.99 Å². The molecule has 3 aliphatic rings. The van der Waals surface area contributed by atoms with E-state index < -0.39 is 10.0 Å². The molecule has 150 valence electrons. The van der Waals surface area contributed by atoms with E-state index in [9.17, 15) is 8.42 Å². The summed E-state index contributed by atoms with van der Waals surface area (Å²) in [5, 5.41) is 3.49. The molecule has 3 fully saturated rings. The van der Waals surface area contributed by atoms with Crippen LogP contribution in [0.3, 0.4) is 0 Å². The van der Waals surface area contributed by atoms with Crippen molar-refractivity contribution >= 4 is 16.0 Å². The highest BCUT2D eigenvalue weighted by Gasteiger charge is 2.39. The topological polar surface area (TPSA) is 65.0 Å². The zero-order valence-electron chi connectivity index (χ0n) is 16.5. The van der Waals surface area contributed by atoms with Gasteiger partial charge in [-0.25, -0.2) is 12.7 Å². The van der Waals surface area contributed by atoms with Crippen molar-refractivity contribution in [2.24, 2.45) is 16.3 Å². The van der Waals surface area contributed by atoms with Gasteiger partial charge >= 0.3 is 0 Å². The molecular weight excluding hydrogens is 348 g/mol. The van der Waals surface area contributed by atoms with Crippen molar-refractivity contribution in [3.63, 3.8) is 0 Å². The molecule has 2 heterocycles. The molecule has 6 nitrogen and oxygen atoms in total. The maximum absolute atomic E-state index is 11.6. The van der Waals surface area contributed by atoms with Crippen LogP contribution in [-0.4, -0.2) is 69.1 Å². The first kappa shape index (κ1) is 19.9. The monoisotopic (exact) mass is 384 g/mol. The molecule has 0 amide bonds. The number of aliphatic imine (C=N–C) groups is 1. The van der Waals surface area contributed by atoms with Crippen molar-refractivity contribution in [2.75, 3.05) is 45.5 Å². The number of piperidine rings is 1. The molecule has 2 saturated heterocycles. The summed E-state index contributed by atoms with van der Waals surface area (Å²) in [6.45, 7) is 7.40. The third-order valence-electron chi connectivity index (χ3n) is 6.53. The number of nitrogens with zero attached hydrogens (tertiary/aromatic N) is 3. The number of hydrogen-bond acceptors (Lipinski definition) is 3. The Morgan fingerprint density at radius 3 is 2.42 bits per heavy atom. The second-order valence-corrected chi connectivity index (χ2v) is 10.5. The van der Waals surface area contributed by atoms with Crippen LogP contribution in [0.5, 0.6) is 0 Å². The number of nitrogens with one attached hydrogen (secondary N) is 1. The van der Waals surface area contributed by atoms with Gasteiger partial charge in [-0.1, -0.05) is 19.3 Å². The van der Waals surface area contributed by atoms with Crippen molar-refractivity contribution in [1.29, 1.82) is 0 Å². The Hall–Kier alpha value is -0.820. The molecule has 1 aliphatic carbocycles. The minimum absolute atomic E-state index is 0.493. The van der Waals surface area contributed by atoms with Gasteiger partial charge in [-0.2, -0.15) is 0 Å². The minimum Gasteiger partial charge on any atom is -0.357 e. The lowest BCUT2D eigenvalue weighted by Gasteiger charge is -2.34. The third-order valence-corrected chi connectivity index (χ3v) is 7.83. The molecule has 0 aromatic carbocycles. The van der Waals surface area contributed by atoms with Crippen LogP contribution in [0.1, 0.15) is 58.3 Å². The normalized spacial score (nSPS) is 25.8. The number of rotatable bonds is 4.